The van der Waals surface area contributed by atoms with Gasteiger partial charge in [0.25, 0.3) is 0 Å². The predicted molar refractivity (Wildman–Crippen MR) is 209 cm³/mol. The maximum absolute atomic E-state index is 9.84. The standard InChI is InChI=1S/3C14H22O.H3O2P/c3*1-13(2,3)10-7-8-12(15)11(9-10)14(4,5)6;1-3-2/h3*7-9,15H,1-6H3;1-3H. The van der Waals surface area contributed by atoms with Crippen molar-refractivity contribution in [1.29, 1.82) is 0 Å². The molecule has 0 spiro atoms. The Morgan fingerprint density at radius 1 is 0.333 bits per heavy atom. The lowest BCUT2D eigenvalue weighted by molar-refractivity contribution is 0.444. The van der Waals surface area contributed by atoms with Crippen LogP contribution < -0.4 is 0 Å². The highest BCUT2D eigenvalue weighted by Gasteiger charge is 2.24. The van der Waals surface area contributed by atoms with Gasteiger partial charge < -0.3 is 25.1 Å². The van der Waals surface area contributed by atoms with Crippen molar-refractivity contribution in [2.75, 3.05) is 0 Å². The fourth-order valence-electron chi connectivity index (χ4n) is 4.81. The van der Waals surface area contributed by atoms with E-state index < -0.39 is 9.03 Å². The van der Waals surface area contributed by atoms with Crippen LogP contribution in [0.4, 0.5) is 0 Å². The molecule has 6 heteroatoms. The SMILES string of the molecule is CC(C)(C)c1ccc(O)c(C(C)(C)C)c1.CC(C)(C)c1ccc(O)c(C(C)(C)C)c1.CC(C)(C)c1ccc(O)c(C(C)(C)C)c1.OPO. The van der Waals surface area contributed by atoms with Gasteiger partial charge in [0, 0.05) is 0 Å². The fourth-order valence-corrected chi connectivity index (χ4v) is 4.81. The number of phenols is 3. The Labute approximate surface area is 295 Å². The van der Waals surface area contributed by atoms with Gasteiger partial charge in [-0.15, -0.1) is 0 Å². The topological polar surface area (TPSA) is 101 Å². The molecule has 0 amide bonds. The Morgan fingerprint density at radius 2 is 0.500 bits per heavy atom. The molecule has 0 saturated heterocycles. The zero-order chi connectivity index (χ0) is 38.3. The van der Waals surface area contributed by atoms with Gasteiger partial charge in [0.05, 0.1) is 0 Å². The van der Waals surface area contributed by atoms with Gasteiger partial charge in [-0.05, 0) is 84.1 Å². The van der Waals surface area contributed by atoms with Crippen molar-refractivity contribution in [3.63, 3.8) is 0 Å². The molecule has 3 rings (SSSR count). The maximum Gasteiger partial charge on any atom is 0.149 e. The van der Waals surface area contributed by atoms with Crippen LogP contribution in [0.3, 0.4) is 0 Å². The highest BCUT2D eigenvalue weighted by molar-refractivity contribution is 7.23. The van der Waals surface area contributed by atoms with Crippen molar-refractivity contribution in [1.82, 2.24) is 0 Å². The fraction of sp³-hybridized carbons (Fsp3) is 0.571. The number of rotatable bonds is 0. The normalized spacial score (nSPS) is 12.5. The number of phenolic OH excluding ortho intramolecular Hbond substituents is 3. The van der Waals surface area contributed by atoms with E-state index >= 15 is 0 Å². The van der Waals surface area contributed by atoms with Crippen LogP contribution in [0.25, 0.3) is 0 Å². The average Bonchev–Trinajstić information content (AvgIpc) is 2.86. The first kappa shape index (κ1) is 45.4. The third-order valence-corrected chi connectivity index (χ3v) is 8.01. The molecule has 0 bridgehead atoms. The van der Waals surface area contributed by atoms with Crippen molar-refractivity contribution in [3.05, 3.63) is 88.0 Å². The van der Waals surface area contributed by atoms with E-state index in [1.54, 1.807) is 18.2 Å². The molecule has 0 saturated carbocycles. The summed E-state index contributed by atoms with van der Waals surface area (Å²) in [5, 5.41) is 29.5. The Balaban J connectivity index is 0.000000662. The molecule has 0 aromatic heterocycles. The van der Waals surface area contributed by atoms with Crippen LogP contribution in [0.5, 0.6) is 17.2 Å². The molecule has 0 aliphatic carbocycles. The molecule has 0 heterocycles. The van der Waals surface area contributed by atoms with Gasteiger partial charge >= 0.3 is 0 Å². The van der Waals surface area contributed by atoms with Gasteiger partial charge in [-0.25, -0.2) is 0 Å². The second-order valence-corrected chi connectivity index (χ2v) is 19.0. The second kappa shape index (κ2) is 16.9. The molecule has 5 nitrogen and oxygen atoms in total. The third kappa shape index (κ3) is 14.9. The zero-order valence-corrected chi connectivity index (χ0v) is 34.4. The molecular formula is C42H69O5P. The minimum absolute atomic E-state index is 0.00859. The number of benzene rings is 3. The predicted octanol–water partition coefficient (Wildman–Crippen LogP) is 11.4. The summed E-state index contributed by atoms with van der Waals surface area (Å²) in [6.45, 7) is 38.8. The highest BCUT2D eigenvalue weighted by atomic mass is 31.1. The summed E-state index contributed by atoms with van der Waals surface area (Å²) in [5.41, 5.74) is 7.25. The van der Waals surface area contributed by atoms with E-state index in [-0.39, 0.29) is 32.5 Å². The van der Waals surface area contributed by atoms with Gasteiger partial charge in [-0.1, -0.05) is 161 Å². The first-order valence-electron chi connectivity index (χ1n) is 16.8. The molecule has 3 aromatic rings. The van der Waals surface area contributed by atoms with Crippen molar-refractivity contribution in [2.24, 2.45) is 0 Å². The van der Waals surface area contributed by atoms with E-state index in [1.165, 1.54) is 16.7 Å². The lowest BCUT2D eigenvalue weighted by atomic mass is 9.80. The smallest absolute Gasteiger partial charge is 0.149 e. The first-order valence-corrected chi connectivity index (χ1v) is 17.7. The summed E-state index contributed by atoms with van der Waals surface area (Å²) in [5.74, 6) is 1.20. The molecule has 5 N–H and O–H groups in total. The Morgan fingerprint density at radius 3 is 0.625 bits per heavy atom. The van der Waals surface area contributed by atoms with E-state index in [0.717, 1.165) is 16.7 Å². The number of hydrogen-bond donors (Lipinski definition) is 5. The van der Waals surface area contributed by atoms with E-state index in [9.17, 15) is 15.3 Å². The van der Waals surface area contributed by atoms with Gasteiger partial charge in [0.15, 0.2) is 0 Å². The van der Waals surface area contributed by atoms with Crippen LogP contribution in [-0.2, 0) is 32.5 Å². The monoisotopic (exact) mass is 684 g/mol. The summed E-state index contributed by atoms with van der Waals surface area (Å²) in [4.78, 5) is 14.3. The van der Waals surface area contributed by atoms with Gasteiger partial charge in [-0.2, -0.15) is 0 Å². The molecule has 0 fully saturated rings. The lowest BCUT2D eigenvalue weighted by Gasteiger charge is -2.25. The summed E-state index contributed by atoms with van der Waals surface area (Å²) in [6.07, 6.45) is 0. The van der Waals surface area contributed by atoms with Gasteiger partial charge in [0.1, 0.15) is 26.3 Å². The molecule has 272 valence electrons. The van der Waals surface area contributed by atoms with Crippen molar-refractivity contribution in [3.8, 4) is 17.2 Å². The van der Waals surface area contributed by atoms with Crippen LogP contribution >= 0.6 is 9.03 Å². The lowest BCUT2D eigenvalue weighted by Crippen LogP contribution is -2.16. The summed E-state index contributed by atoms with van der Waals surface area (Å²) >= 11 is 0. The van der Waals surface area contributed by atoms with Crippen molar-refractivity contribution >= 4 is 9.03 Å². The second-order valence-electron chi connectivity index (χ2n) is 18.8. The van der Waals surface area contributed by atoms with E-state index in [2.05, 4.69) is 143 Å². The van der Waals surface area contributed by atoms with Crippen LogP contribution in [0, 0.1) is 0 Å². The first-order chi connectivity index (χ1) is 21.3. The summed E-state index contributed by atoms with van der Waals surface area (Å²) in [7, 11) is -0.917. The van der Waals surface area contributed by atoms with Gasteiger partial charge in [0.2, 0.25) is 0 Å². The third-order valence-electron chi connectivity index (χ3n) is 8.01. The number of aromatic hydroxyl groups is 3. The molecular weight excluding hydrogens is 615 g/mol. The molecule has 0 radical (unpaired) electrons. The zero-order valence-electron chi connectivity index (χ0n) is 33.4. The average molecular weight is 685 g/mol. The van der Waals surface area contributed by atoms with E-state index in [1.807, 2.05) is 18.2 Å². The largest absolute Gasteiger partial charge is 0.508 e. The van der Waals surface area contributed by atoms with Crippen molar-refractivity contribution in [2.45, 2.75) is 157 Å². The highest BCUT2D eigenvalue weighted by Crippen LogP contribution is 2.37. The molecule has 0 atom stereocenters. The Kier molecular flexibility index (Phi) is 16.0. The van der Waals surface area contributed by atoms with Crippen molar-refractivity contribution < 1.29 is 25.1 Å². The summed E-state index contributed by atoms with van der Waals surface area (Å²) in [6, 6.07) is 17.8. The van der Waals surface area contributed by atoms with Crippen LogP contribution in [-0.4, -0.2) is 25.1 Å². The Bertz CT molecular complexity index is 1260. The van der Waals surface area contributed by atoms with E-state index in [0.29, 0.717) is 17.2 Å². The minimum Gasteiger partial charge on any atom is -0.508 e. The maximum atomic E-state index is 9.84. The van der Waals surface area contributed by atoms with E-state index in [4.69, 9.17) is 9.79 Å². The molecule has 48 heavy (non-hydrogen) atoms. The molecule has 0 unspecified atom stereocenters. The van der Waals surface area contributed by atoms with Crippen LogP contribution in [0.1, 0.15) is 158 Å². The molecule has 0 aliphatic heterocycles. The van der Waals surface area contributed by atoms with Crippen LogP contribution in [0.15, 0.2) is 54.6 Å². The van der Waals surface area contributed by atoms with Crippen LogP contribution in [0.2, 0.25) is 0 Å². The minimum atomic E-state index is -0.917. The quantitative estimate of drug-likeness (QED) is 0.152. The molecule has 3 aromatic carbocycles. The molecule has 0 aliphatic rings. The van der Waals surface area contributed by atoms with Gasteiger partial charge in [-0.3, -0.25) is 0 Å². The number of hydrogen-bond acceptors (Lipinski definition) is 5. The Hall–Kier alpha value is -2.59. The summed E-state index contributed by atoms with van der Waals surface area (Å²) < 4.78 is 0.